The van der Waals surface area contributed by atoms with Gasteiger partial charge in [0.1, 0.15) is 0 Å². The van der Waals surface area contributed by atoms with Crippen molar-refractivity contribution in [3.8, 4) is 5.69 Å². The summed E-state index contributed by atoms with van der Waals surface area (Å²) in [6.07, 6.45) is 9.92. The van der Waals surface area contributed by atoms with Gasteiger partial charge in [0.05, 0.1) is 11.9 Å². The number of amides is 1. The Labute approximate surface area is 175 Å². The summed E-state index contributed by atoms with van der Waals surface area (Å²) in [7, 11) is 0. The molecule has 1 aliphatic carbocycles. The average molecular weight is 412 g/mol. The molecule has 6 nitrogen and oxygen atoms in total. The number of fused-ring (bicyclic) bond motifs is 1. The number of aryl methyl sites for hydroxylation is 2. The van der Waals surface area contributed by atoms with Gasteiger partial charge < -0.3 is 5.32 Å². The van der Waals surface area contributed by atoms with Crippen molar-refractivity contribution in [1.82, 2.24) is 24.9 Å². The second kappa shape index (κ2) is 8.82. The standard InChI is InChI=1S/C22H26ClN5O/c1-16-14-25-27(15-16)13-5-12-24-22(29)21-19-6-3-2-4-7-20(19)28(26-21)18-10-8-17(23)9-11-18/h8-11,14-15H,2-7,12-13H2,1H3,(H,24,29). The molecule has 3 aromatic rings. The fourth-order valence-corrected chi connectivity index (χ4v) is 4.00. The van der Waals surface area contributed by atoms with Crippen molar-refractivity contribution in [1.29, 1.82) is 0 Å². The number of aromatic nitrogens is 4. The van der Waals surface area contributed by atoms with E-state index in [9.17, 15) is 4.79 Å². The predicted molar refractivity (Wildman–Crippen MR) is 114 cm³/mol. The fourth-order valence-electron chi connectivity index (χ4n) is 3.87. The van der Waals surface area contributed by atoms with Gasteiger partial charge in [-0.3, -0.25) is 9.48 Å². The second-order valence-corrected chi connectivity index (χ2v) is 8.05. The van der Waals surface area contributed by atoms with Gasteiger partial charge in [0.15, 0.2) is 5.69 Å². The summed E-state index contributed by atoms with van der Waals surface area (Å²) < 4.78 is 3.83. The summed E-state index contributed by atoms with van der Waals surface area (Å²) in [6, 6.07) is 7.62. The van der Waals surface area contributed by atoms with E-state index in [0.29, 0.717) is 17.3 Å². The van der Waals surface area contributed by atoms with E-state index in [-0.39, 0.29) is 5.91 Å². The molecule has 4 rings (SSSR count). The van der Waals surface area contributed by atoms with E-state index in [1.807, 2.05) is 52.9 Å². The highest BCUT2D eigenvalue weighted by Crippen LogP contribution is 2.27. The van der Waals surface area contributed by atoms with Crippen LogP contribution in [0.1, 0.15) is 53.0 Å². The van der Waals surface area contributed by atoms with Crippen molar-refractivity contribution in [2.24, 2.45) is 0 Å². The molecular weight excluding hydrogens is 386 g/mol. The number of hydrogen-bond donors (Lipinski definition) is 1. The summed E-state index contributed by atoms with van der Waals surface area (Å²) in [4.78, 5) is 12.9. The fraction of sp³-hybridized carbons (Fsp3) is 0.409. The molecular formula is C22H26ClN5O. The van der Waals surface area contributed by atoms with Crippen LogP contribution in [0.25, 0.3) is 5.69 Å². The third kappa shape index (κ3) is 4.53. The van der Waals surface area contributed by atoms with Crippen LogP contribution in [0, 0.1) is 6.92 Å². The number of halogens is 1. The van der Waals surface area contributed by atoms with Crippen molar-refractivity contribution >= 4 is 17.5 Å². The van der Waals surface area contributed by atoms with Gasteiger partial charge in [0, 0.05) is 35.6 Å². The Balaban J connectivity index is 1.49. The number of hydrogen-bond acceptors (Lipinski definition) is 3. The molecule has 2 aromatic heterocycles. The van der Waals surface area contributed by atoms with E-state index in [1.54, 1.807) is 0 Å². The molecule has 0 bridgehead atoms. The Kier molecular flexibility index (Phi) is 6.00. The van der Waals surface area contributed by atoms with Gasteiger partial charge in [-0.05, 0) is 68.9 Å². The molecule has 0 saturated heterocycles. The minimum Gasteiger partial charge on any atom is -0.351 e. The van der Waals surface area contributed by atoms with E-state index in [1.165, 1.54) is 6.42 Å². The maximum absolute atomic E-state index is 12.9. The van der Waals surface area contributed by atoms with Crippen molar-refractivity contribution < 1.29 is 4.79 Å². The normalized spacial score (nSPS) is 13.7. The Bertz CT molecular complexity index is 989. The topological polar surface area (TPSA) is 64.7 Å². The van der Waals surface area contributed by atoms with Gasteiger partial charge >= 0.3 is 0 Å². The molecule has 7 heteroatoms. The molecule has 0 saturated carbocycles. The molecule has 0 radical (unpaired) electrons. The minimum absolute atomic E-state index is 0.0903. The molecule has 0 aliphatic heterocycles. The van der Waals surface area contributed by atoms with E-state index < -0.39 is 0 Å². The van der Waals surface area contributed by atoms with E-state index in [0.717, 1.165) is 61.2 Å². The van der Waals surface area contributed by atoms with Crippen molar-refractivity contribution in [3.05, 3.63) is 64.2 Å². The quantitative estimate of drug-likeness (QED) is 0.490. The molecule has 152 valence electrons. The van der Waals surface area contributed by atoms with Crippen LogP contribution in [0.5, 0.6) is 0 Å². The lowest BCUT2D eigenvalue weighted by molar-refractivity contribution is 0.0946. The van der Waals surface area contributed by atoms with Gasteiger partial charge in [0.25, 0.3) is 5.91 Å². The third-order valence-electron chi connectivity index (χ3n) is 5.33. The van der Waals surface area contributed by atoms with Gasteiger partial charge in [-0.1, -0.05) is 18.0 Å². The summed E-state index contributed by atoms with van der Waals surface area (Å²) in [5.41, 5.74) is 4.90. The highest BCUT2D eigenvalue weighted by Gasteiger charge is 2.24. The van der Waals surface area contributed by atoms with Crippen LogP contribution in [0.4, 0.5) is 0 Å². The average Bonchev–Trinajstić information content (AvgIpc) is 3.20. The Morgan fingerprint density at radius 3 is 2.72 bits per heavy atom. The van der Waals surface area contributed by atoms with Gasteiger partial charge in [-0.15, -0.1) is 0 Å². The second-order valence-electron chi connectivity index (χ2n) is 7.61. The van der Waals surface area contributed by atoms with E-state index in [4.69, 9.17) is 16.7 Å². The molecule has 0 fully saturated rings. The molecule has 1 N–H and O–H groups in total. The summed E-state index contributed by atoms with van der Waals surface area (Å²) in [6.45, 7) is 3.40. The van der Waals surface area contributed by atoms with Crippen molar-refractivity contribution in [2.75, 3.05) is 6.54 Å². The molecule has 0 spiro atoms. The largest absolute Gasteiger partial charge is 0.351 e. The summed E-state index contributed by atoms with van der Waals surface area (Å²) in [5.74, 6) is -0.0903. The number of nitrogens with one attached hydrogen (secondary N) is 1. The highest BCUT2D eigenvalue weighted by atomic mass is 35.5. The highest BCUT2D eigenvalue weighted by molar-refractivity contribution is 6.30. The van der Waals surface area contributed by atoms with Crippen molar-refractivity contribution in [2.45, 2.75) is 52.0 Å². The molecule has 2 heterocycles. The lowest BCUT2D eigenvalue weighted by atomic mass is 10.1. The zero-order valence-electron chi connectivity index (χ0n) is 16.7. The van der Waals surface area contributed by atoms with Crippen LogP contribution < -0.4 is 5.32 Å². The number of benzene rings is 1. The van der Waals surface area contributed by atoms with Crippen LogP contribution in [0.2, 0.25) is 5.02 Å². The number of carbonyl (C=O) groups is 1. The predicted octanol–water partition coefficient (Wildman–Crippen LogP) is 4.12. The zero-order valence-corrected chi connectivity index (χ0v) is 17.5. The van der Waals surface area contributed by atoms with Gasteiger partial charge in [-0.2, -0.15) is 10.2 Å². The Morgan fingerprint density at radius 2 is 1.97 bits per heavy atom. The van der Waals surface area contributed by atoms with Crippen LogP contribution >= 0.6 is 11.6 Å². The first-order valence-corrected chi connectivity index (χ1v) is 10.6. The lowest BCUT2D eigenvalue weighted by Crippen LogP contribution is -2.26. The van der Waals surface area contributed by atoms with Crippen LogP contribution in [0.15, 0.2) is 36.7 Å². The Hall–Kier alpha value is -2.60. The maximum atomic E-state index is 12.9. The first-order valence-electron chi connectivity index (χ1n) is 10.3. The number of nitrogens with zero attached hydrogens (tertiary/aromatic N) is 4. The lowest BCUT2D eigenvalue weighted by Gasteiger charge is -2.07. The zero-order chi connectivity index (χ0) is 20.2. The number of rotatable bonds is 6. The van der Waals surface area contributed by atoms with Gasteiger partial charge in [-0.25, -0.2) is 4.68 Å². The molecule has 0 atom stereocenters. The summed E-state index contributed by atoms with van der Waals surface area (Å²) >= 11 is 6.04. The smallest absolute Gasteiger partial charge is 0.272 e. The van der Waals surface area contributed by atoms with Gasteiger partial charge in [0.2, 0.25) is 0 Å². The van der Waals surface area contributed by atoms with Crippen LogP contribution in [-0.4, -0.2) is 32.0 Å². The van der Waals surface area contributed by atoms with E-state index >= 15 is 0 Å². The monoisotopic (exact) mass is 411 g/mol. The third-order valence-corrected chi connectivity index (χ3v) is 5.58. The Morgan fingerprint density at radius 1 is 1.17 bits per heavy atom. The van der Waals surface area contributed by atoms with Crippen molar-refractivity contribution in [3.63, 3.8) is 0 Å². The van der Waals surface area contributed by atoms with Crippen LogP contribution in [0.3, 0.4) is 0 Å². The molecule has 1 amide bonds. The molecule has 1 aromatic carbocycles. The molecule has 1 aliphatic rings. The summed E-state index contributed by atoms with van der Waals surface area (Å²) in [5, 5.41) is 12.7. The first kappa shape index (κ1) is 19.7. The molecule has 0 unspecified atom stereocenters. The maximum Gasteiger partial charge on any atom is 0.272 e. The number of carbonyl (C=O) groups excluding carboxylic acids is 1. The minimum atomic E-state index is -0.0903. The van der Waals surface area contributed by atoms with E-state index in [2.05, 4.69) is 10.4 Å². The van der Waals surface area contributed by atoms with Crippen LogP contribution in [-0.2, 0) is 19.4 Å². The SMILES string of the molecule is Cc1cnn(CCCNC(=O)c2nn(-c3ccc(Cl)cc3)c3c2CCCCC3)c1. The molecule has 29 heavy (non-hydrogen) atoms. The first-order chi connectivity index (χ1) is 14.1.